The molecule has 0 spiro atoms. The van der Waals surface area contributed by atoms with Gasteiger partial charge in [-0.25, -0.2) is 4.79 Å². The van der Waals surface area contributed by atoms with Crippen LogP contribution in [0, 0.1) is 5.92 Å². The van der Waals surface area contributed by atoms with Gasteiger partial charge >= 0.3 is 5.97 Å². The summed E-state index contributed by atoms with van der Waals surface area (Å²) in [5, 5.41) is 16.3. The van der Waals surface area contributed by atoms with Crippen molar-refractivity contribution in [3.8, 4) is 0 Å². The predicted molar refractivity (Wildman–Crippen MR) is 122 cm³/mol. The molecule has 0 bridgehead atoms. The number of thiol groups is 1. The van der Waals surface area contributed by atoms with Crippen LogP contribution in [0.25, 0.3) is 0 Å². The van der Waals surface area contributed by atoms with Crippen LogP contribution in [-0.4, -0.2) is 70.5 Å². The molecule has 13 nitrogen and oxygen atoms in total. The number of carbonyl (C=O) groups excluding carboxylic acids is 5. The predicted octanol–water partition coefficient (Wildman–Crippen LogP) is -2.64. The lowest BCUT2D eigenvalue weighted by Crippen LogP contribution is -2.59. The van der Waals surface area contributed by atoms with Gasteiger partial charge in [-0.3, -0.25) is 24.0 Å². The molecule has 0 aliphatic rings. The summed E-state index contributed by atoms with van der Waals surface area (Å²) < 4.78 is 0. The second-order valence-corrected chi connectivity index (χ2v) is 8.00. The minimum Gasteiger partial charge on any atom is -0.480 e. The van der Waals surface area contributed by atoms with Crippen molar-refractivity contribution in [2.24, 2.45) is 23.1 Å². The smallest absolute Gasteiger partial charge is 0.327 e. The van der Waals surface area contributed by atoms with E-state index in [1.807, 2.05) is 0 Å². The molecule has 0 aromatic carbocycles. The first-order valence-corrected chi connectivity index (χ1v) is 11.0. The van der Waals surface area contributed by atoms with Crippen molar-refractivity contribution in [3.05, 3.63) is 0 Å². The number of primary amides is 2. The molecule has 14 heteroatoms. The highest BCUT2D eigenvalue weighted by molar-refractivity contribution is 7.80. The van der Waals surface area contributed by atoms with Crippen molar-refractivity contribution in [1.29, 1.82) is 0 Å². The summed E-state index contributed by atoms with van der Waals surface area (Å²) in [5.74, 6) is -5.49. The average Bonchev–Trinajstić information content (AvgIpc) is 2.75. The van der Waals surface area contributed by atoms with Crippen LogP contribution in [0.4, 0.5) is 0 Å². The van der Waals surface area contributed by atoms with Crippen LogP contribution in [0.2, 0.25) is 0 Å². The lowest BCUT2D eigenvalue weighted by Gasteiger charge is -2.27. The Morgan fingerprint density at radius 1 is 0.848 bits per heavy atom. The fraction of sp³-hybridized carbons (Fsp3) is 0.684. The summed E-state index contributed by atoms with van der Waals surface area (Å²) in [6, 6.07) is -4.79. The molecule has 0 aromatic rings. The Hall–Kier alpha value is -2.87. The average molecular weight is 491 g/mol. The molecule has 0 radical (unpaired) electrons. The van der Waals surface area contributed by atoms with Gasteiger partial charge in [0.05, 0.1) is 6.04 Å². The highest BCUT2D eigenvalue weighted by atomic mass is 32.1. The Bertz CT molecular complexity index is 735. The molecular formula is C19H34N6O7S. The molecule has 33 heavy (non-hydrogen) atoms. The largest absolute Gasteiger partial charge is 0.480 e. The maximum absolute atomic E-state index is 12.9. The number of carboxylic acids is 1. The molecule has 0 aliphatic heterocycles. The maximum Gasteiger partial charge on any atom is 0.327 e. The molecular weight excluding hydrogens is 456 g/mol. The van der Waals surface area contributed by atoms with Crippen LogP contribution in [0.15, 0.2) is 0 Å². The van der Waals surface area contributed by atoms with Gasteiger partial charge in [0.25, 0.3) is 0 Å². The van der Waals surface area contributed by atoms with E-state index < -0.39 is 65.6 Å². The van der Waals surface area contributed by atoms with E-state index >= 15 is 0 Å². The van der Waals surface area contributed by atoms with Crippen molar-refractivity contribution in [1.82, 2.24) is 16.0 Å². The number of aliphatic carboxylic acids is 1. The standard InChI is InChI=1S/C19H34N6O7S/c1-3-9(2)15(18(30)24-12(8-33)19(31)32)25-17(29)11(5-7-14(22)27)23-16(28)10(20)4-6-13(21)26/h9-12,15,33H,3-8,20H2,1-2H3,(H2,21,26)(H2,22,27)(H,23,28)(H,24,30)(H,25,29)(H,31,32). The van der Waals surface area contributed by atoms with Gasteiger partial charge in [-0.15, -0.1) is 0 Å². The molecule has 10 N–H and O–H groups in total. The number of nitrogens with two attached hydrogens (primary N) is 3. The first kappa shape index (κ1) is 30.1. The van der Waals surface area contributed by atoms with E-state index in [1.165, 1.54) is 0 Å². The van der Waals surface area contributed by atoms with Crippen LogP contribution in [0.1, 0.15) is 46.0 Å². The molecule has 0 aromatic heterocycles. The molecule has 5 unspecified atom stereocenters. The first-order chi connectivity index (χ1) is 15.3. The molecule has 0 heterocycles. The molecule has 0 aliphatic carbocycles. The van der Waals surface area contributed by atoms with Crippen LogP contribution in [-0.2, 0) is 28.8 Å². The highest BCUT2D eigenvalue weighted by Crippen LogP contribution is 2.10. The normalized spacial score (nSPS) is 15.3. The summed E-state index contributed by atoms with van der Waals surface area (Å²) in [7, 11) is 0. The lowest BCUT2D eigenvalue weighted by atomic mass is 9.97. The van der Waals surface area contributed by atoms with Gasteiger partial charge in [0.15, 0.2) is 0 Å². The number of hydrogen-bond acceptors (Lipinski definition) is 8. The number of nitrogens with one attached hydrogen (secondary N) is 3. The Kier molecular flexibility index (Phi) is 13.7. The zero-order valence-electron chi connectivity index (χ0n) is 18.7. The van der Waals surface area contributed by atoms with Crippen molar-refractivity contribution < 1.29 is 33.9 Å². The summed E-state index contributed by atoms with van der Waals surface area (Å²) in [4.78, 5) is 71.2. The third kappa shape index (κ3) is 11.5. The van der Waals surface area contributed by atoms with Crippen LogP contribution >= 0.6 is 12.6 Å². The van der Waals surface area contributed by atoms with Gasteiger partial charge in [-0.1, -0.05) is 20.3 Å². The van der Waals surface area contributed by atoms with Gasteiger partial charge < -0.3 is 38.3 Å². The van der Waals surface area contributed by atoms with Gasteiger partial charge in [-0.2, -0.15) is 12.6 Å². The minimum atomic E-state index is -1.29. The van der Waals surface area contributed by atoms with Crippen LogP contribution in [0.5, 0.6) is 0 Å². The maximum atomic E-state index is 12.9. The van der Waals surface area contributed by atoms with E-state index in [0.717, 1.165) is 0 Å². The number of carboxylic acid groups (broad SMARTS) is 1. The summed E-state index contributed by atoms with van der Waals surface area (Å²) in [5.41, 5.74) is 15.9. The second kappa shape index (κ2) is 15.1. The van der Waals surface area contributed by atoms with Crippen molar-refractivity contribution in [2.45, 2.75) is 70.1 Å². The van der Waals surface area contributed by atoms with E-state index in [-0.39, 0.29) is 31.4 Å². The molecule has 0 saturated carbocycles. The number of rotatable bonds is 16. The van der Waals surface area contributed by atoms with E-state index in [2.05, 4.69) is 28.6 Å². The SMILES string of the molecule is CCC(C)C(NC(=O)C(CCC(N)=O)NC(=O)C(N)CCC(N)=O)C(=O)NC(CS)C(=O)O. The zero-order valence-corrected chi connectivity index (χ0v) is 19.6. The van der Waals surface area contributed by atoms with Gasteiger partial charge in [0, 0.05) is 18.6 Å². The fourth-order valence-corrected chi connectivity index (χ4v) is 2.91. The van der Waals surface area contributed by atoms with E-state index in [0.29, 0.717) is 6.42 Å². The van der Waals surface area contributed by atoms with Gasteiger partial charge in [0.2, 0.25) is 29.5 Å². The van der Waals surface area contributed by atoms with Crippen molar-refractivity contribution >= 4 is 48.1 Å². The van der Waals surface area contributed by atoms with Gasteiger partial charge in [0.1, 0.15) is 18.1 Å². The third-order valence-electron chi connectivity index (χ3n) is 4.94. The third-order valence-corrected chi connectivity index (χ3v) is 5.31. The molecule has 0 rings (SSSR count). The van der Waals surface area contributed by atoms with E-state index in [4.69, 9.17) is 22.3 Å². The van der Waals surface area contributed by atoms with Gasteiger partial charge in [-0.05, 0) is 18.8 Å². The summed E-state index contributed by atoms with van der Waals surface area (Å²) in [6.45, 7) is 3.45. The molecule has 0 saturated heterocycles. The molecule has 5 atom stereocenters. The summed E-state index contributed by atoms with van der Waals surface area (Å²) >= 11 is 3.89. The second-order valence-electron chi connectivity index (χ2n) is 7.63. The summed E-state index contributed by atoms with van der Waals surface area (Å²) in [6.07, 6.45) is -0.135. The fourth-order valence-electron chi connectivity index (χ4n) is 2.67. The highest BCUT2D eigenvalue weighted by Gasteiger charge is 2.32. The van der Waals surface area contributed by atoms with E-state index in [1.54, 1.807) is 13.8 Å². The number of amides is 5. The monoisotopic (exact) mass is 490 g/mol. The first-order valence-electron chi connectivity index (χ1n) is 10.4. The Morgan fingerprint density at radius 3 is 1.82 bits per heavy atom. The molecule has 188 valence electrons. The van der Waals surface area contributed by atoms with Crippen molar-refractivity contribution in [2.75, 3.05) is 5.75 Å². The minimum absolute atomic E-state index is 0.0521. The molecule has 0 fully saturated rings. The quantitative estimate of drug-likeness (QED) is 0.106. The lowest BCUT2D eigenvalue weighted by molar-refractivity contribution is -0.142. The van der Waals surface area contributed by atoms with E-state index in [9.17, 15) is 28.8 Å². The van der Waals surface area contributed by atoms with Crippen LogP contribution < -0.4 is 33.2 Å². The van der Waals surface area contributed by atoms with Crippen molar-refractivity contribution in [3.63, 3.8) is 0 Å². The topological polar surface area (TPSA) is 237 Å². The molecule has 5 amide bonds. The Morgan fingerprint density at radius 2 is 1.36 bits per heavy atom. The van der Waals surface area contributed by atoms with Crippen LogP contribution in [0.3, 0.4) is 0 Å². The number of carbonyl (C=O) groups is 6. The Labute approximate surface area is 197 Å². The number of hydrogen-bond donors (Lipinski definition) is 8. The Balaban J connectivity index is 5.51. The zero-order chi connectivity index (χ0) is 25.7.